The summed E-state index contributed by atoms with van der Waals surface area (Å²) in [6.45, 7) is 0. The number of carbonyl (C=O) groups excluding carboxylic acids is 1. The van der Waals surface area contributed by atoms with Crippen molar-refractivity contribution in [3.05, 3.63) is 58.1 Å². The lowest BCUT2D eigenvalue weighted by molar-refractivity contribution is 0.0950. The third-order valence-electron chi connectivity index (χ3n) is 3.44. The van der Waals surface area contributed by atoms with Crippen LogP contribution in [0.25, 0.3) is 10.6 Å². The van der Waals surface area contributed by atoms with Crippen molar-refractivity contribution in [1.29, 1.82) is 0 Å². The van der Waals surface area contributed by atoms with E-state index in [2.05, 4.69) is 20.7 Å². The van der Waals surface area contributed by atoms with E-state index in [0.717, 1.165) is 21.8 Å². The van der Waals surface area contributed by atoms with Crippen LogP contribution in [-0.2, 0) is 0 Å². The molecule has 0 unspecified atom stereocenters. The van der Waals surface area contributed by atoms with Crippen LogP contribution in [0.2, 0.25) is 4.34 Å². The number of nitrogens with one attached hydrogen (secondary N) is 2. The zero-order chi connectivity index (χ0) is 17.8. The first-order valence-electron chi connectivity index (χ1n) is 7.45. The zero-order valence-electron chi connectivity index (χ0n) is 13.7. The van der Waals surface area contributed by atoms with Gasteiger partial charge in [-0.25, -0.2) is 5.43 Å². The first-order valence-corrected chi connectivity index (χ1v) is 8.64. The van der Waals surface area contributed by atoms with E-state index in [1.54, 1.807) is 18.3 Å². The van der Waals surface area contributed by atoms with Crippen molar-refractivity contribution in [3.8, 4) is 10.6 Å². The summed E-state index contributed by atoms with van der Waals surface area (Å²) in [5.41, 5.74) is 5.46. The Balaban J connectivity index is 1.61. The molecule has 3 rings (SSSR count). The normalized spacial score (nSPS) is 11.0. The van der Waals surface area contributed by atoms with Crippen LogP contribution >= 0.6 is 22.9 Å². The lowest BCUT2D eigenvalue weighted by atomic mass is 10.2. The minimum atomic E-state index is -0.383. The summed E-state index contributed by atoms with van der Waals surface area (Å²) in [7, 11) is 3.96. The van der Waals surface area contributed by atoms with Gasteiger partial charge in [-0.3, -0.25) is 9.89 Å². The van der Waals surface area contributed by atoms with Crippen molar-refractivity contribution >= 4 is 40.7 Å². The molecule has 0 aliphatic rings. The van der Waals surface area contributed by atoms with Crippen LogP contribution in [0.3, 0.4) is 0 Å². The van der Waals surface area contributed by atoms with E-state index >= 15 is 0 Å². The lowest BCUT2D eigenvalue weighted by Gasteiger charge is -2.11. The largest absolute Gasteiger partial charge is 0.378 e. The maximum atomic E-state index is 12.1. The van der Waals surface area contributed by atoms with Crippen molar-refractivity contribution in [2.45, 2.75) is 0 Å². The second kappa shape index (κ2) is 7.50. The number of hydrogen-bond donors (Lipinski definition) is 2. The van der Waals surface area contributed by atoms with Crippen molar-refractivity contribution in [3.63, 3.8) is 0 Å². The Labute approximate surface area is 154 Å². The van der Waals surface area contributed by atoms with Crippen molar-refractivity contribution in [2.24, 2.45) is 5.10 Å². The summed E-state index contributed by atoms with van der Waals surface area (Å²) in [5, 5.41) is 10.8. The molecule has 2 heterocycles. The molecule has 128 valence electrons. The molecule has 6 nitrogen and oxygen atoms in total. The molecule has 0 saturated carbocycles. The van der Waals surface area contributed by atoms with Gasteiger partial charge in [0.25, 0.3) is 5.91 Å². The van der Waals surface area contributed by atoms with Gasteiger partial charge in [-0.1, -0.05) is 23.7 Å². The number of hydrogen-bond acceptors (Lipinski definition) is 5. The molecule has 0 radical (unpaired) electrons. The third kappa shape index (κ3) is 4.26. The molecule has 25 heavy (non-hydrogen) atoms. The number of halogens is 1. The minimum Gasteiger partial charge on any atom is -0.378 e. The number of aromatic nitrogens is 2. The maximum absolute atomic E-state index is 12.1. The van der Waals surface area contributed by atoms with Crippen LogP contribution in [0.15, 0.2) is 47.6 Å². The number of thiophene rings is 1. The molecular formula is C17H16ClN5OS. The summed E-state index contributed by atoms with van der Waals surface area (Å²) >= 11 is 7.33. The molecule has 8 heteroatoms. The predicted octanol–water partition coefficient (Wildman–Crippen LogP) is 3.62. The first-order chi connectivity index (χ1) is 12.0. The Kier molecular flexibility index (Phi) is 5.16. The summed E-state index contributed by atoms with van der Waals surface area (Å²) in [5.74, 6) is -0.383. The molecule has 2 N–H and O–H groups in total. The fourth-order valence-electron chi connectivity index (χ4n) is 2.10. The van der Waals surface area contributed by atoms with E-state index < -0.39 is 0 Å². The summed E-state index contributed by atoms with van der Waals surface area (Å²) in [6, 6.07) is 13.2. The van der Waals surface area contributed by atoms with Crippen LogP contribution in [0.5, 0.6) is 0 Å². The topological polar surface area (TPSA) is 73.4 Å². The van der Waals surface area contributed by atoms with E-state index in [0.29, 0.717) is 4.34 Å². The van der Waals surface area contributed by atoms with Gasteiger partial charge in [0.05, 0.1) is 21.1 Å². The number of anilines is 1. The highest BCUT2D eigenvalue weighted by atomic mass is 35.5. The zero-order valence-corrected chi connectivity index (χ0v) is 15.2. The Hall–Kier alpha value is -2.64. The Bertz CT molecular complexity index is 898. The minimum absolute atomic E-state index is 0.264. The Morgan fingerprint density at radius 2 is 2.04 bits per heavy atom. The molecule has 1 aromatic carbocycles. The number of nitrogens with zero attached hydrogens (tertiary/aromatic N) is 3. The summed E-state index contributed by atoms with van der Waals surface area (Å²) < 4.78 is 0.681. The van der Waals surface area contributed by atoms with E-state index in [9.17, 15) is 4.79 Å². The van der Waals surface area contributed by atoms with E-state index in [1.807, 2.05) is 49.3 Å². The average Bonchev–Trinajstić information content (AvgIpc) is 3.24. The lowest BCUT2D eigenvalue weighted by Crippen LogP contribution is -2.18. The smallest absolute Gasteiger partial charge is 0.291 e. The molecule has 0 spiro atoms. The quantitative estimate of drug-likeness (QED) is 0.530. The fourth-order valence-corrected chi connectivity index (χ4v) is 3.11. The van der Waals surface area contributed by atoms with Crippen LogP contribution in [0.1, 0.15) is 16.1 Å². The average molecular weight is 374 g/mol. The van der Waals surface area contributed by atoms with Crippen LogP contribution in [-0.4, -0.2) is 36.4 Å². The standard InChI is InChI=1S/C17H16ClN5OS/c1-23(2)12-5-3-11(4-6-12)10-19-22-17(24)14-9-13(20-21-14)15-7-8-16(18)25-15/h3-10H,1-2H3,(H,20,21)(H,22,24). The SMILES string of the molecule is CN(C)c1ccc(C=NNC(=O)c2cc(-c3ccc(Cl)s3)[nH]n2)cc1. The number of amides is 1. The van der Waals surface area contributed by atoms with E-state index in [4.69, 9.17) is 11.6 Å². The van der Waals surface area contributed by atoms with Gasteiger partial charge in [0, 0.05) is 19.8 Å². The second-order valence-corrected chi connectivity index (χ2v) is 7.17. The number of aromatic amines is 1. The monoisotopic (exact) mass is 373 g/mol. The Morgan fingerprint density at radius 3 is 2.68 bits per heavy atom. The first kappa shape index (κ1) is 17.2. The van der Waals surface area contributed by atoms with Gasteiger partial charge in [0.1, 0.15) is 0 Å². The van der Waals surface area contributed by atoms with Crippen LogP contribution in [0.4, 0.5) is 5.69 Å². The molecule has 0 bridgehead atoms. The van der Waals surface area contributed by atoms with Crippen molar-refractivity contribution in [2.75, 3.05) is 19.0 Å². The highest BCUT2D eigenvalue weighted by Gasteiger charge is 2.11. The number of H-pyrrole nitrogens is 1. The second-order valence-electron chi connectivity index (χ2n) is 5.46. The van der Waals surface area contributed by atoms with Gasteiger partial charge in [0.2, 0.25) is 0 Å². The molecule has 2 aromatic heterocycles. The molecule has 0 atom stereocenters. The molecular weight excluding hydrogens is 358 g/mol. The predicted molar refractivity (Wildman–Crippen MR) is 103 cm³/mol. The van der Waals surface area contributed by atoms with Gasteiger partial charge in [-0.05, 0) is 35.9 Å². The van der Waals surface area contributed by atoms with Crippen molar-refractivity contribution in [1.82, 2.24) is 15.6 Å². The van der Waals surface area contributed by atoms with E-state index in [-0.39, 0.29) is 11.6 Å². The number of carbonyl (C=O) groups is 1. The van der Waals surface area contributed by atoms with Gasteiger partial charge in [-0.2, -0.15) is 10.2 Å². The Morgan fingerprint density at radius 1 is 1.28 bits per heavy atom. The van der Waals surface area contributed by atoms with Crippen LogP contribution in [0, 0.1) is 0 Å². The number of hydrazone groups is 1. The molecule has 0 aliphatic carbocycles. The number of rotatable bonds is 5. The molecule has 0 fully saturated rings. The van der Waals surface area contributed by atoms with Gasteiger partial charge < -0.3 is 4.90 Å². The summed E-state index contributed by atoms with van der Waals surface area (Å²) in [4.78, 5) is 15.0. The molecule has 0 saturated heterocycles. The van der Waals surface area contributed by atoms with Crippen LogP contribution < -0.4 is 10.3 Å². The summed E-state index contributed by atoms with van der Waals surface area (Å²) in [6.07, 6.45) is 1.59. The molecule has 3 aromatic rings. The third-order valence-corrected chi connectivity index (χ3v) is 4.70. The van der Waals surface area contributed by atoms with Crippen molar-refractivity contribution < 1.29 is 4.79 Å². The van der Waals surface area contributed by atoms with Gasteiger partial charge in [0.15, 0.2) is 5.69 Å². The highest BCUT2D eigenvalue weighted by molar-refractivity contribution is 7.19. The highest BCUT2D eigenvalue weighted by Crippen LogP contribution is 2.29. The maximum Gasteiger partial charge on any atom is 0.291 e. The van der Waals surface area contributed by atoms with Gasteiger partial charge >= 0.3 is 0 Å². The molecule has 1 amide bonds. The number of benzene rings is 1. The molecule has 0 aliphatic heterocycles. The fraction of sp³-hybridized carbons (Fsp3) is 0.118. The van der Waals surface area contributed by atoms with Gasteiger partial charge in [-0.15, -0.1) is 11.3 Å². The van der Waals surface area contributed by atoms with E-state index in [1.165, 1.54) is 11.3 Å².